The SMILES string of the molecule is O=C(c1cccnc1)N1CCCC(N2C(=O)NC3(CCN(Cc4ccccc4)CC3)C2=O)C1. The van der Waals surface area contributed by atoms with Gasteiger partial charge in [0.1, 0.15) is 5.54 Å². The molecule has 33 heavy (non-hydrogen) atoms. The van der Waals surface area contributed by atoms with Gasteiger partial charge in [-0.1, -0.05) is 30.3 Å². The van der Waals surface area contributed by atoms with Gasteiger partial charge in [-0.25, -0.2) is 4.79 Å². The van der Waals surface area contributed by atoms with Crippen molar-refractivity contribution in [3.63, 3.8) is 0 Å². The third kappa shape index (κ3) is 4.23. The number of piperidine rings is 2. The molecular formula is C25H29N5O3. The number of likely N-dealkylation sites (tertiary alicyclic amines) is 2. The molecule has 1 aromatic heterocycles. The lowest BCUT2D eigenvalue weighted by molar-refractivity contribution is -0.135. The molecule has 4 heterocycles. The quantitative estimate of drug-likeness (QED) is 0.727. The monoisotopic (exact) mass is 447 g/mol. The maximum Gasteiger partial charge on any atom is 0.325 e. The summed E-state index contributed by atoms with van der Waals surface area (Å²) in [5, 5.41) is 3.02. The Balaban J connectivity index is 1.24. The van der Waals surface area contributed by atoms with Crippen molar-refractivity contribution >= 4 is 17.8 Å². The molecule has 8 heteroatoms. The van der Waals surface area contributed by atoms with E-state index >= 15 is 0 Å². The minimum Gasteiger partial charge on any atom is -0.337 e. The molecule has 0 aliphatic carbocycles. The zero-order valence-electron chi connectivity index (χ0n) is 18.7. The van der Waals surface area contributed by atoms with E-state index in [1.807, 2.05) is 18.2 Å². The van der Waals surface area contributed by atoms with E-state index in [1.54, 1.807) is 29.4 Å². The average molecular weight is 448 g/mol. The number of carbonyl (C=O) groups excluding carboxylic acids is 3. The number of nitrogens with zero attached hydrogens (tertiary/aromatic N) is 4. The first-order valence-electron chi connectivity index (χ1n) is 11.7. The number of amides is 4. The number of urea groups is 1. The van der Waals surface area contributed by atoms with E-state index < -0.39 is 5.54 Å². The summed E-state index contributed by atoms with van der Waals surface area (Å²) in [6.07, 6.45) is 5.86. The van der Waals surface area contributed by atoms with Gasteiger partial charge in [-0.15, -0.1) is 0 Å². The molecule has 1 N–H and O–H groups in total. The fraction of sp³-hybridized carbons (Fsp3) is 0.440. The predicted molar refractivity (Wildman–Crippen MR) is 122 cm³/mol. The number of benzene rings is 1. The molecule has 4 amide bonds. The van der Waals surface area contributed by atoms with E-state index in [2.05, 4.69) is 27.3 Å². The first-order chi connectivity index (χ1) is 16.1. The number of rotatable bonds is 4. The fourth-order valence-electron chi connectivity index (χ4n) is 5.27. The first kappa shape index (κ1) is 21.6. The highest BCUT2D eigenvalue weighted by atomic mass is 16.2. The van der Waals surface area contributed by atoms with Crippen LogP contribution in [0.25, 0.3) is 0 Å². The molecule has 172 valence electrons. The van der Waals surface area contributed by atoms with Crippen LogP contribution in [-0.4, -0.2) is 75.3 Å². The summed E-state index contributed by atoms with van der Waals surface area (Å²) in [6.45, 7) is 3.34. The minimum absolute atomic E-state index is 0.108. The number of pyridine rings is 1. The molecule has 0 bridgehead atoms. The summed E-state index contributed by atoms with van der Waals surface area (Å²) in [5.41, 5.74) is 0.954. The lowest BCUT2D eigenvalue weighted by atomic mass is 9.87. The van der Waals surface area contributed by atoms with Gasteiger partial charge in [-0.3, -0.25) is 24.4 Å². The van der Waals surface area contributed by atoms with Gasteiger partial charge < -0.3 is 10.2 Å². The molecule has 1 spiro atoms. The lowest BCUT2D eigenvalue weighted by Gasteiger charge is -2.39. The normalized spacial score (nSPS) is 23.1. The van der Waals surface area contributed by atoms with Gasteiger partial charge in [0.05, 0.1) is 11.6 Å². The second-order valence-corrected chi connectivity index (χ2v) is 9.24. The van der Waals surface area contributed by atoms with Crippen LogP contribution in [0.15, 0.2) is 54.9 Å². The van der Waals surface area contributed by atoms with Crippen LogP contribution in [0.1, 0.15) is 41.6 Å². The molecule has 3 aliphatic rings. The number of hydrogen-bond donors (Lipinski definition) is 1. The Morgan fingerprint density at radius 2 is 1.85 bits per heavy atom. The summed E-state index contributed by atoms with van der Waals surface area (Å²) < 4.78 is 0. The van der Waals surface area contributed by atoms with E-state index in [9.17, 15) is 14.4 Å². The molecule has 1 unspecified atom stereocenters. The maximum absolute atomic E-state index is 13.5. The van der Waals surface area contributed by atoms with Gasteiger partial charge in [-0.05, 0) is 43.4 Å². The molecule has 3 aliphatic heterocycles. The van der Waals surface area contributed by atoms with E-state index in [-0.39, 0.29) is 23.9 Å². The molecule has 1 aromatic carbocycles. The van der Waals surface area contributed by atoms with Crippen LogP contribution in [0.2, 0.25) is 0 Å². The third-order valence-electron chi connectivity index (χ3n) is 7.11. The first-order valence-corrected chi connectivity index (χ1v) is 11.7. The zero-order valence-corrected chi connectivity index (χ0v) is 18.7. The molecule has 0 radical (unpaired) electrons. The second-order valence-electron chi connectivity index (χ2n) is 9.24. The van der Waals surface area contributed by atoms with E-state index in [4.69, 9.17) is 0 Å². The van der Waals surface area contributed by atoms with Crippen molar-refractivity contribution in [2.24, 2.45) is 0 Å². The van der Waals surface area contributed by atoms with Gasteiger partial charge in [0.25, 0.3) is 11.8 Å². The van der Waals surface area contributed by atoms with Crippen LogP contribution in [-0.2, 0) is 11.3 Å². The van der Waals surface area contributed by atoms with Crippen LogP contribution in [0.4, 0.5) is 4.79 Å². The maximum atomic E-state index is 13.5. The third-order valence-corrected chi connectivity index (χ3v) is 7.11. The van der Waals surface area contributed by atoms with E-state index in [1.165, 1.54) is 10.5 Å². The second kappa shape index (κ2) is 8.94. The topological polar surface area (TPSA) is 85.8 Å². The summed E-state index contributed by atoms with van der Waals surface area (Å²) in [5.74, 6) is -0.240. The Labute approximate surface area is 193 Å². The number of nitrogens with one attached hydrogen (secondary N) is 1. The van der Waals surface area contributed by atoms with Crippen LogP contribution in [0.5, 0.6) is 0 Å². The van der Waals surface area contributed by atoms with Crippen molar-refractivity contribution in [3.05, 3.63) is 66.0 Å². The van der Waals surface area contributed by atoms with Crippen molar-refractivity contribution in [1.29, 1.82) is 0 Å². The number of imide groups is 1. The number of hydrogen-bond acceptors (Lipinski definition) is 5. The number of carbonyl (C=O) groups is 3. The summed E-state index contributed by atoms with van der Waals surface area (Å²) >= 11 is 0. The van der Waals surface area contributed by atoms with Crippen molar-refractivity contribution in [3.8, 4) is 0 Å². The highest BCUT2D eigenvalue weighted by Gasteiger charge is 2.54. The number of aromatic nitrogens is 1. The Bertz CT molecular complexity index is 1020. The summed E-state index contributed by atoms with van der Waals surface area (Å²) in [6, 6.07) is 13.1. The fourth-order valence-corrected chi connectivity index (χ4v) is 5.27. The van der Waals surface area contributed by atoms with Crippen LogP contribution in [0.3, 0.4) is 0 Å². The molecule has 5 rings (SSSR count). The van der Waals surface area contributed by atoms with E-state index in [0.29, 0.717) is 37.9 Å². The molecule has 8 nitrogen and oxygen atoms in total. The molecule has 3 fully saturated rings. The van der Waals surface area contributed by atoms with Crippen molar-refractivity contribution in [1.82, 2.24) is 25.0 Å². The van der Waals surface area contributed by atoms with Gasteiger partial charge in [0.15, 0.2) is 0 Å². The predicted octanol–water partition coefficient (Wildman–Crippen LogP) is 2.27. The van der Waals surface area contributed by atoms with Crippen molar-refractivity contribution in [2.75, 3.05) is 26.2 Å². The van der Waals surface area contributed by atoms with E-state index in [0.717, 1.165) is 26.1 Å². The lowest BCUT2D eigenvalue weighted by Crippen LogP contribution is -2.56. The molecule has 1 atom stereocenters. The van der Waals surface area contributed by atoms with Crippen LogP contribution < -0.4 is 5.32 Å². The Hall–Kier alpha value is -3.26. The molecule has 3 saturated heterocycles. The van der Waals surface area contributed by atoms with Gasteiger partial charge >= 0.3 is 6.03 Å². The van der Waals surface area contributed by atoms with Gasteiger partial charge in [0, 0.05) is 45.1 Å². The average Bonchev–Trinajstić information content (AvgIpc) is 3.10. The Morgan fingerprint density at radius 3 is 2.58 bits per heavy atom. The van der Waals surface area contributed by atoms with Crippen LogP contribution in [0, 0.1) is 0 Å². The molecular weight excluding hydrogens is 418 g/mol. The van der Waals surface area contributed by atoms with Gasteiger partial charge in [0.2, 0.25) is 0 Å². The van der Waals surface area contributed by atoms with Gasteiger partial charge in [-0.2, -0.15) is 0 Å². The van der Waals surface area contributed by atoms with Crippen molar-refractivity contribution < 1.29 is 14.4 Å². The van der Waals surface area contributed by atoms with Crippen molar-refractivity contribution in [2.45, 2.75) is 43.8 Å². The summed E-state index contributed by atoms with van der Waals surface area (Å²) in [7, 11) is 0. The molecule has 2 aromatic rings. The standard InChI is InChI=1S/C25H29N5O3/c31-22(20-8-4-12-26-16-20)29-13-5-9-21(18-29)30-23(32)25(27-24(30)33)10-14-28(15-11-25)17-19-6-2-1-3-7-19/h1-4,6-8,12,16,21H,5,9-11,13-15,17-18H2,(H,27,33). The highest BCUT2D eigenvalue weighted by Crippen LogP contribution is 2.33. The zero-order chi connectivity index (χ0) is 22.8. The minimum atomic E-state index is -0.820. The van der Waals surface area contributed by atoms with Crippen LogP contribution >= 0.6 is 0 Å². The largest absolute Gasteiger partial charge is 0.337 e. The Kier molecular flexibility index (Phi) is 5.85. The summed E-state index contributed by atoms with van der Waals surface area (Å²) in [4.78, 5) is 48.8. The smallest absolute Gasteiger partial charge is 0.325 e. The highest BCUT2D eigenvalue weighted by molar-refractivity contribution is 6.07. The molecule has 0 saturated carbocycles. The Morgan fingerprint density at radius 1 is 1.06 bits per heavy atom.